The van der Waals surface area contributed by atoms with Crippen molar-refractivity contribution < 1.29 is 42.1 Å². The molecule has 0 aromatic heterocycles. The Morgan fingerprint density at radius 2 is 0.797 bits per heavy atom. The standard InChI is InChI=1S/C54H104NO8P/c1-6-8-10-12-14-16-18-20-22-24-26-28-30-32-34-36-38-40-42-44-46-53(56)60-50-52(51-62-64(58,59)61-49-48-55(3,4)5)63-54(57)47-45-43-41-39-37-35-33-31-29-27-25-23-21-19-17-15-13-11-9-7-2/h30-33,52H,6-29,34-51H2,1-5H3/b32-30-,33-31-. The molecule has 0 saturated carbocycles. The lowest BCUT2D eigenvalue weighted by Gasteiger charge is -2.28. The van der Waals surface area contributed by atoms with Gasteiger partial charge in [0, 0.05) is 12.8 Å². The molecule has 0 heterocycles. The molecular weight excluding hydrogens is 822 g/mol. The Kier molecular flexibility index (Phi) is 45.5. The number of esters is 2. The molecule has 64 heavy (non-hydrogen) atoms. The molecule has 0 N–H and O–H groups in total. The lowest BCUT2D eigenvalue weighted by molar-refractivity contribution is -0.870. The molecule has 0 radical (unpaired) electrons. The van der Waals surface area contributed by atoms with Gasteiger partial charge >= 0.3 is 11.9 Å². The van der Waals surface area contributed by atoms with Crippen LogP contribution in [0.15, 0.2) is 24.3 Å². The molecule has 0 aliphatic heterocycles. The number of allylic oxidation sites excluding steroid dienone is 4. The van der Waals surface area contributed by atoms with Crippen molar-refractivity contribution in [2.24, 2.45) is 0 Å². The Morgan fingerprint density at radius 3 is 1.16 bits per heavy atom. The Labute approximate surface area is 396 Å². The fourth-order valence-electron chi connectivity index (χ4n) is 7.71. The summed E-state index contributed by atoms with van der Waals surface area (Å²) >= 11 is 0. The van der Waals surface area contributed by atoms with Gasteiger partial charge in [-0.1, -0.05) is 205 Å². The summed E-state index contributed by atoms with van der Waals surface area (Å²) in [6, 6.07) is 0. The zero-order chi connectivity index (χ0) is 47.1. The van der Waals surface area contributed by atoms with E-state index < -0.39 is 26.5 Å². The number of hydrogen-bond acceptors (Lipinski definition) is 8. The molecule has 2 atom stereocenters. The van der Waals surface area contributed by atoms with Crippen molar-refractivity contribution >= 4 is 19.8 Å². The van der Waals surface area contributed by atoms with Crippen molar-refractivity contribution in [2.75, 3.05) is 47.5 Å². The first-order chi connectivity index (χ1) is 31.0. The van der Waals surface area contributed by atoms with E-state index in [0.29, 0.717) is 17.4 Å². The van der Waals surface area contributed by atoms with Gasteiger partial charge in [0.25, 0.3) is 7.82 Å². The maximum atomic E-state index is 12.8. The van der Waals surface area contributed by atoms with Crippen molar-refractivity contribution in [1.29, 1.82) is 0 Å². The second-order valence-corrected chi connectivity index (χ2v) is 21.0. The van der Waals surface area contributed by atoms with Gasteiger partial charge in [0.1, 0.15) is 19.8 Å². The van der Waals surface area contributed by atoms with Crippen LogP contribution in [-0.4, -0.2) is 70.0 Å². The summed E-state index contributed by atoms with van der Waals surface area (Å²) in [7, 11) is 1.17. The number of phosphoric acid groups is 1. The van der Waals surface area contributed by atoms with Crippen LogP contribution in [0.2, 0.25) is 0 Å². The number of carbonyl (C=O) groups is 2. The molecule has 0 rings (SSSR count). The van der Waals surface area contributed by atoms with Crippen molar-refractivity contribution in [1.82, 2.24) is 0 Å². The maximum Gasteiger partial charge on any atom is 0.306 e. The van der Waals surface area contributed by atoms with E-state index >= 15 is 0 Å². The summed E-state index contributed by atoms with van der Waals surface area (Å²) in [6.07, 6.45) is 53.6. The van der Waals surface area contributed by atoms with Crippen molar-refractivity contribution in [3.63, 3.8) is 0 Å². The van der Waals surface area contributed by atoms with Crippen LogP contribution in [0.3, 0.4) is 0 Å². The second kappa shape index (κ2) is 46.6. The number of rotatable bonds is 50. The molecule has 2 unspecified atom stereocenters. The minimum Gasteiger partial charge on any atom is -0.756 e. The lowest BCUT2D eigenvalue weighted by atomic mass is 10.0. The highest BCUT2D eigenvalue weighted by Crippen LogP contribution is 2.38. The highest BCUT2D eigenvalue weighted by molar-refractivity contribution is 7.45. The van der Waals surface area contributed by atoms with Crippen LogP contribution < -0.4 is 4.89 Å². The number of carbonyl (C=O) groups excluding carboxylic acids is 2. The summed E-state index contributed by atoms with van der Waals surface area (Å²) in [5, 5.41) is 0. The second-order valence-electron chi connectivity index (χ2n) is 19.6. The molecule has 0 aliphatic rings. The first kappa shape index (κ1) is 62.5. The fourth-order valence-corrected chi connectivity index (χ4v) is 8.43. The minimum atomic E-state index is -4.63. The van der Waals surface area contributed by atoms with Gasteiger partial charge in [-0.3, -0.25) is 14.2 Å². The number of likely N-dealkylation sites (N-methyl/N-ethyl adjacent to an activating group) is 1. The van der Waals surface area contributed by atoms with Gasteiger partial charge in [0.15, 0.2) is 6.10 Å². The number of phosphoric ester groups is 1. The summed E-state index contributed by atoms with van der Waals surface area (Å²) in [6.45, 7) is 4.26. The van der Waals surface area contributed by atoms with Gasteiger partial charge in [-0.05, 0) is 64.2 Å². The largest absolute Gasteiger partial charge is 0.756 e. The van der Waals surface area contributed by atoms with Crippen LogP contribution in [0, 0.1) is 0 Å². The van der Waals surface area contributed by atoms with E-state index in [1.165, 1.54) is 154 Å². The van der Waals surface area contributed by atoms with Gasteiger partial charge in [-0.2, -0.15) is 0 Å². The van der Waals surface area contributed by atoms with E-state index in [1.54, 1.807) is 0 Å². The van der Waals surface area contributed by atoms with Crippen LogP contribution in [0.1, 0.15) is 258 Å². The molecule has 0 fully saturated rings. The molecule has 0 aromatic carbocycles. The van der Waals surface area contributed by atoms with Crippen LogP contribution in [0.25, 0.3) is 0 Å². The minimum absolute atomic E-state index is 0.0321. The molecule has 9 nitrogen and oxygen atoms in total. The third kappa shape index (κ3) is 49.9. The molecule has 378 valence electrons. The van der Waals surface area contributed by atoms with E-state index in [9.17, 15) is 19.0 Å². The van der Waals surface area contributed by atoms with E-state index in [0.717, 1.165) is 70.6 Å². The number of unbranched alkanes of at least 4 members (excludes halogenated alkanes) is 32. The third-order valence-corrected chi connectivity index (χ3v) is 12.9. The van der Waals surface area contributed by atoms with Crippen molar-refractivity contribution in [2.45, 2.75) is 264 Å². The SMILES string of the molecule is CCCCCCCCCCCCC/C=C\CCCCCCCC(=O)OCC(COP(=O)([O-])OCC[N+](C)(C)C)OC(=O)CCCCCCC/C=C\CCCCCCCCCCCCC. The van der Waals surface area contributed by atoms with Crippen LogP contribution in [-0.2, 0) is 32.7 Å². The molecule has 10 heteroatoms. The number of quaternary nitrogens is 1. The van der Waals surface area contributed by atoms with E-state index in [-0.39, 0.29) is 32.0 Å². The highest BCUT2D eigenvalue weighted by Gasteiger charge is 2.21. The molecule has 0 spiro atoms. The summed E-state index contributed by atoms with van der Waals surface area (Å²) < 4.78 is 34.1. The summed E-state index contributed by atoms with van der Waals surface area (Å²) in [5.74, 6) is -0.842. The number of nitrogens with zero attached hydrogens (tertiary/aromatic N) is 1. The average molecular weight is 926 g/mol. The maximum absolute atomic E-state index is 12.8. The fraction of sp³-hybridized carbons (Fsp3) is 0.889. The molecule has 0 amide bonds. The number of hydrogen-bond donors (Lipinski definition) is 0. The van der Waals surface area contributed by atoms with Crippen molar-refractivity contribution in [3.05, 3.63) is 24.3 Å². The molecular formula is C54H104NO8P. The Morgan fingerprint density at radius 1 is 0.469 bits per heavy atom. The van der Waals surface area contributed by atoms with E-state index in [2.05, 4.69) is 38.2 Å². The smallest absolute Gasteiger partial charge is 0.306 e. The Bertz CT molecular complexity index is 1140. The van der Waals surface area contributed by atoms with Gasteiger partial charge in [-0.25, -0.2) is 0 Å². The third-order valence-electron chi connectivity index (χ3n) is 11.9. The normalized spacial score (nSPS) is 13.5. The highest BCUT2D eigenvalue weighted by atomic mass is 31.2. The quantitative estimate of drug-likeness (QED) is 0.0195. The first-order valence-electron chi connectivity index (χ1n) is 27.0. The van der Waals surface area contributed by atoms with Crippen LogP contribution in [0.5, 0.6) is 0 Å². The van der Waals surface area contributed by atoms with E-state index in [1.807, 2.05) is 21.1 Å². The van der Waals surface area contributed by atoms with Gasteiger partial charge in [0.2, 0.25) is 0 Å². The molecule has 0 bridgehead atoms. The lowest BCUT2D eigenvalue weighted by Crippen LogP contribution is -2.37. The Balaban J connectivity index is 4.23. The first-order valence-corrected chi connectivity index (χ1v) is 28.5. The monoisotopic (exact) mass is 926 g/mol. The molecule has 0 aliphatic carbocycles. The number of ether oxygens (including phenoxy) is 2. The topological polar surface area (TPSA) is 111 Å². The van der Waals surface area contributed by atoms with Crippen molar-refractivity contribution in [3.8, 4) is 0 Å². The summed E-state index contributed by atoms with van der Waals surface area (Å²) in [5.41, 5.74) is 0. The molecule has 0 aromatic rings. The van der Waals surface area contributed by atoms with Crippen LogP contribution in [0.4, 0.5) is 0 Å². The van der Waals surface area contributed by atoms with Crippen LogP contribution >= 0.6 is 7.82 Å². The Hall–Kier alpha value is -1.51. The zero-order valence-electron chi connectivity index (χ0n) is 42.7. The van der Waals surface area contributed by atoms with E-state index in [4.69, 9.17) is 18.5 Å². The molecule has 0 saturated heterocycles. The van der Waals surface area contributed by atoms with Gasteiger partial charge in [-0.15, -0.1) is 0 Å². The van der Waals surface area contributed by atoms with Gasteiger partial charge < -0.3 is 27.9 Å². The summed E-state index contributed by atoms with van der Waals surface area (Å²) in [4.78, 5) is 37.8. The average Bonchev–Trinajstić information content (AvgIpc) is 3.25. The zero-order valence-corrected chi connectivity index (χ0v) is 43.6. The predicted octanol–water partition coefficient (Wildman–Crippen LogP) is 15.6. The van der Waals surface area contributed by atoms with Gasteiger partial charge in [0.05, 0.1) is 27.7 Å². The predicted molar refractivity (Wildman–Crippen MR) is 268 cm³/mol.